The summed E-state index contributed by atoms with van der Waals surface area (Å²) in [5.74, 6) is -1.12. The maximum Gasteiger partial charge on any atom is 0.309 e. The molecule has 0 saturated carbocycles. The second kappa shape index (κ2) is 8.99. The second-order valence-electron chi connectivity index (χ2n) is 7.58. The lowest BCUT2D eigenvalue weighted by Crippen LogP contribution is -2.40. The first-order valence-corrected chi connectivity index (χ1v) is 11.6. The highest BCUT2D eigenvalue weighted by Gasteiger charge is 2.33. The molecule has 1 aliphatic heterocycles. The van der Waals surface area contributed by atoms with E-state index >= 15 is 0 Å². The first-order chi connectivity index (χ1) is 14.9. The van der Waals surface area contributed by atoms with Crippen LogP contribution in [0, 0.1) is 5.92 Å². The van der Waals surface area contributed by atoms with E-state index in [0.717, 1.165) is 10.8 Å². The Kier molecular flexibility index (Phi) is 6.15. The number of Topliss-reactive ketones (excluding diaryl/α,β-unsaturated/α-hetero) is 1. The maximum absolute atomic E-state index is 13.0. The molecule has 0 bridgehead atoms. The predicted octanol–water partition coefficient (Wildman–Crippen LogP) is 3.67. The van der Waals surface area contributed by atoms with Crippen LogP contribution < -0.4 is 0 Å². The van der Waals surface area contributed by atoms with E-state index in [4.69, 9.17) is 4.74 Å². The van der Waals surface area contributed by atoms with Gasteiger partial charge in [0, 0.05) is 18.7 Å². The molecule has 31 heavy (non-hydrogen) atoms. The average Bonchev–Trinajstić information content (AvgIpc) is 2.82. The topological polar surface area (TPSA) is 80.8 Å². The van der Waals surface area contributed by atoms with Crippen LogP contribution >= 0.6 is 0 Å². The molecule has 0 unspecified atom stereocenters. The summed E-state index contributed by atoms with van der Waals surface area (Å²) >= 11 is 0. The molecule has 0 aromatic heterocycles. The van der Waals surface area contributed by atoms with Gasteiger partial charge in [0.1, 0.15) is 0 Å². The molecule has 1 aliphatic rings. The number of hydrogen-bond acceptors (Lipinski definition) is 5. The normalized spacial score (nSPS) is 15.6. The number of rotatable bonds is 6. The Bertz CT molecular complexity index is 1200. The molecule has 6 nitrogen and oxygen atoms in total. The summed E-state index contributed by atoms with van der Waals surface area (Å²) in [6.45, 7) is 0.168. The Morgan fingerprint density at radius 2 is 1.52 bits per heavy atom. The van der Waals surface area contributed by atoms with E-state index in [9.17, 15) is 18.0 Å². The number of ketones is 1. The van der Waals surface area contributed by atoms with Crippen LogP contribution in [0.25, 0.3) is 10.8 Å². The van der Waals surface area contributed by atoms with Gasteiger partial charge in [-0.2, -0.15) is 4.31 Å². The first-order valence-electron chi connectivity index (χ1n) is 10.2. The van der Waals surface area contributed by atoms with Crippen molar-refractivity contribution < 1.29 is 22.7 Å². The van der Waals surface area contributed by atoms with Gasteiger partial charge in [-0.15, -0.1) is 0 Å². The van der Waals surface area contributed by atoms with Gasteiger partial charge in [0.05, 0.1) is 10.8 Å². The van der Waals surface area contributed by atoms with Gasteiger partial charge in [0.25, 0.3) is 0 Å². The van der Waals surface area contributed by atoms with E-state index in [2.05, 4.69) is 0 Å². The van der Waals surface area contributed by atoms with E-state index in [1.54, 1.807) is 42.5 Å². The molecule has 0 radical (unpaired) electrons. The van der Waals surface area contributed by atoms with Crippen LogP contribution in [-0.2, 0) is 19.6 Å². The maximum atomic E-state index is 13.0. The minimum absolute atomic E-state index is 0.238. The summed E-state index contributed by atoms with van der Waals surface area (Å²) in [5.41, 5.74) is 0.492. The number of carbonyl (C=O) groups excluding carboxylic acids is 2. The number of hydrogen-bond donors (Lipinski definition) is 0. The largest absolute Gasteiger partial charge is 0.457 e. The highest BCUT2D eigenvalue weighted by molar-refractivity contribution is 7.89. The van der Waals surface area contributed by atoms with Gasteiger partial charge in [-0.3, -0.25) is 9.59 Å². The number of nitrogens with zero attached hydrogens (tertiary/aromatic N) is 1. The fourth-order valence-corrected chi connectivity index (χ4v) is 5.28. The van der Waals surface area contributed by atoms with Crippen molar-refractivity contribution in [1.82, 2.24) is 4.31 Å². The van der Waals surface area contributed by atoms with Crippen molar-refractivity contribution >= 4 is 32.5 Å². The van der Waals surface area contributed by atoms with Gasteiger partial charge >= 0.3 is 5.97 Å². The Balaban J connectivity index is 1.35. The molecule has 0 amide bonds. The molecule has 1 saturated heterocycles. The van der Waals surface area contributed by atoms with Crippen molar-refractivity contribution in [1.29, 1.82) is 0 Å². The summed E-state index contributed by atoms with van der Waals surface area (Å²) in [6.07, 6.45) is 0.732. The summed E-state index contributed by atoms with van der Waals surface area (Å²) in [6, 6.07) is 21.4. The van der Waals surface area contributed by atoms with Crippen molar-refractivity contribution in [3.05, 3.63) is 78.4 Å². The van der Waals surface area contributed by atoms with Crippen LogP contribution in [0.4, 0.5) is 0 Å². The Morgan fingerprint density at radius 3 is 2.23 bits per heavy atom. The average molecular weight is 438 g/mol. The molecule has 1 fully saturated rings. The lowest BCUT2D eigenvalue weighted by Gasteiger charge is -2.30. The van der Waals surface area contributed by atoms with Gasteiger partial charge in [0.15, 0.2) is 12.4 Å². The molecule has 4 rings (SSSR count). The quantitative estimate of drug-likeness (QED) is 0.434. The van der Waals surface area contributed by atoms with Crippen molar-refractivity contribution in [2.75, 3.05) is 19.7 Å². The van der Waals surface area contributed by atoms with E-state index in [1.807, 2.05) is 30.3 Å². The molecule has 1 heterocycles. The van der Waals surface area contributed by atoms with Crippen LogP contribution in [0.2, 0.25) is 0 Å². The van der Waals surface area contributed by atoms with Crippen LogP contribution in [0.15, 0.2) is 77.7 Å². The molecule has 3 aromatic rings. The van der Waals surface area contributed by atoms with Crippen LogP contribution in [-0.4, -0.2) is 44.2 Å². The smallest absolute Gasteiger partial charge is 0.309 e. The van der Waals surface area contributed by atoms with E-state index in [-0.39, 0.29) is 30.4 Å². The minimum atomic E-state index is -3.64. The number of ether oxygens (including phenoxy) is 1. The molecule has 0 spiro atoms. The lowest BCUT2D eigenvalue weighted by atomic mass is 9.98. The SMILES string of the molecule is O=C(COC(=O)C1CCN(S(=O)(=O)c2ccc3ccccc3c2)CC1)c1ccccc1. The van der Waals surface area contributed by atoms with Gasteiger partial charge < -0.3 is 4.74 Å². The standard InChI is InChI=1S/C24H23NO5S/c26-23(19-7-2-1-3-8-19)17-30-24(27)20-12-14-25(15-13-20)31(28,29)22-11-10-18-6-4-5-9-21(18)16-22/h1-11,16,20H,12-15,17H2. The fraction of sp³-hybridized carbons (Fsp3) is 0.250. The van der Waals surface area contributed by atoms with E-state index in [1.165, 1.54) is 4.31 Å². The third-order valence-electron chi connectivity index (χ3n) is 5.59. The van der Waals surface area contributed by atoms with Crippen molar-refractivity contribution in [2.24, 2.45) is 5.92 Å². The summed E-state index contributed by atoms with van der Waals surface area (Å²) < 4.78 is 32.7. The Labute approximate surface area is 181 Å². The van der Waals surface area contributed by atoms with Gasteiger partial charge in [-0.25, -0.2) is 8.42 Å². The van der Waals surface area contributed by atoms with Crippen LogP contribution in [0.5, 0.6) is 0 Å². The third kappa shape index (κ3) is 4.68. The highest BCUT2D eigenvalue weighted by atomic mass is 32.2. The number of carbonyl (C=O) groups is 2. The number of benzene rings is 3. The van der Waals surface area contributed by atoms with Crippen LogP contribution in [0.3, 0.4) is 0 Å². The van der Waals surface area contributed by atoms with Gasteiger partial charge in [-0.1, -0.05) is 60.7 Å². The van der Waals surface area contributed by atoms with Crippen molar-refractivity contribution in [3.8, 4) is 0 Å². The number of esters is 1. The monoisotopic (exact) mass is 437 g/mol. The summed E-state index contributed by atoms with van der Waals surface area (Å²) in [5, 5.41) is 1.85. The minimum Gasteiger partial charge on any atom is -0.457 e. The van der Waals surface area contributed by atoms with E-state index in [0.29, 0.717) is 18.4 Å². The fourth-order valence-electron chi connectivity index (χ4n) is 3.77. The summed E-state index contributed by atoms with van der Waals surface area (Å²) in [4.78, 5) is 24.7. The molecule has 0 N–H and O–H groups in total. The Hall–Kier alpha value is -3.03. The van der Waals surface area contributed by atoms with Crippen molar-refractivity contribution in [3.63, 3.8) is 0 Å². The number of piperidine rings is 1. The molecular weight excluding hydrogens is 414 g/mol. The molecule has 160 valence electrons. The van der Waals surface area contributed by atoms with Crippen LogP contribution in [0.1, 0.15) is 23.2 Å². The zero-order chi connectivity index (χ0) is 21.8. The molecule has 3 aromatic carbocycles. The Morgan fingerprint density at radius 1 is 0.871 bits per heavy atom. The predicted molar refractivity (Wildman–Crippen MR) is 117 cm³/mol. The highest BCUT2D eigenvalue weighted by Crippen LogP contribution is 2.26. The number of sulfonamides is 1. The van der Waals surface area contributed by atoms with Crippen molar-refractivity contribution in [2.45, 2.75) is 17.7 Å². The molecular formula is C24H23NO5S. The second-order valence-corrected chi connectivity index (χ2v) is 9.52. The van der Waals surface area contributed by atoms with Gasteiger partial charge in [-0.05, 0) is 35.7 Å². The third-order valence-corrected chi connectivity index (χ3v) is 7.48. The number of fused-ring (bicyclic) bond motifs is 1. The molecule has 7 heteroatoms. The van der Waals surface area contributed by atoms with E-state index < -0.39 is 21.9 Å². The molecule has 0 aliphatic carbocycles. The van der Waals surface area contributed by atoms with Gasteiger partial charge in [0.2, 0.25) is 10.0 Å². The lowest BCUT2D eigenvalue weighted by molar-refractivity contribution is -0.148. The molecule has 0 atom stereocenters. The summed E-state index contributed by atoms with van der Waals surface area (Å²) in [7, 11) is -3.64. The first kappa shape index (κ1) is 21.2. The zero-order valence-electron chi connectivity index (χ0n) is 16.9. The zero-order valence-corrected chi connectivity index (χ0v) is 17.8.